The molecule has 3 rings (SSSR count). The lowest BCUT2D eigenvalue weighted by Gasteiger charge is -2.28. The number of benzene rings is 1. The molecule has 1 unspecified atom stereocenters. The Morgan fingerprint density at radius 2 is 2.00 bits per heavy atom. The summed E-state index contributed by atoms with van der Waals surface area (Å²) in [5.41, 5.74) is 0. The highest BCUT2D eigenvalue weighted by Gasteiger charge is 2.26. The molecule has 6 heteroatoms. The van der Waals surface area contributed by atoms with Crippen LogP contribution >= 0.6 is 11.3 Å². The predicted octanol–water partition coefficient (Wildman–Crippen LogP) is 2.31. The van der Waals surface area contributed by atoms with E-state index in [2.05, 4.69) is 0 Å². The number of fused-ring (bicyclic) bond motifs is 1. The van der Waals surface area contributed by atoms with Gasteiger partial charge in [-0.25, -0.2) is 4.79 Å². The van der Waals surface area contributed by atoms with Crippen molar-refractivity contribution in [1.82, 2.24) is 4.90 Å². The maximum atomic E-state index is 12.2. The molecule has 1 fully saturated rings. The Hall–Kier alpha value is -1.92. The van der Waals surface area contributed by atoms with Gasteiger partial charge in [0.25, 0.3) is 5.91 Å². The number of hydrogen-bond acceptors (Lipinski definition) is 5. The molecule has 2 heterocycles. The average molecular weight is 319 g/mol. The molecule has 1 aliphatic heterocycles. The molecule has 1 aromatic heterocycles. The number of morpholine rings is 1. The molecule has 0 saturated carbocycles. The van der Waals surface area contributed by atoms with Crippen LogP contribution in [-0.4, -0.2) is 49.2 Å². The minimum absolute atomic E-state index is 0.169. The third-order valence-corrected chi connectivity index (χ3v) is 4.68. The van der Waals surface area contributed by atoms with Crippen LogP contribution in [0.1, 0.15) is 16.6 Å². The van der Waals surface area contributed by atoms with Gasteiger partial charge < -0.3 is 14.4 Å². The lowest BCUT2D eigenvalue weighted by atomic mass is 10.2. The van der Waals surface area contributed by atoms with E-state index in [0.29, 0.717) is 31.2 Å². The van der Waals surface area contributed by atoms with Gasteiger partial charge in [-0.05, 0) is 24.4 Å². The number of nitrogens with zero attached hydrogens (tertiary/aromatic N) is 1. The van der Waals surface area contributed by atoms with Gasteiger partial charge in [0.1, 0.15) is 4.88 Å². The van der Waals surface area contributed by atoms with Gasteiger partial charge in [-0.3, -0.25) is 4.79 Å². The van der Waals surface area contributed by atoms with Gasteiger partial charge >= 0.3 is 5.97 Å². The van der Waals surface area contributed by atoms with Crippen molar-refractivity contribution in [2.45, 2.75) is 13.0 Å². The van der Waals surface area contributed by atoms with Crippen LogP contribution in [0.5, 0.6) is 0 Å². The van der Waals surface area contributed by atoms with Gasteiger partial charge in [0, 0.05) is 17.8 Å². The number of amides is 1. The van der Waals surface area contributed by atoms with Crippen molar-refractivity contribution in [3.8, 4) is 0 Å². The van der Waals surface area contributed by atoms with E-state index in [4.69, 9.17) is 9.47 Å². The minimum Gasteiger partial charge on any atom is -0.448 e. The summed E-state index contributed by atoms with van der Waals surface area (Å²) < 4.78 is 11.6. The van der Waals surface area contributed by atoms with Crippen LogP contribution in [0.3, 0.4) is 0 Å². The van der Waals surface area contributed by atoms with E-state index in [0.717, 1.165) is 10.1 Å². The molecule has 0 N–H and O–H groups in total. The van der Waals surface area contributed by atoms with E-state index in [1.54, 1.807) is 17.9 Å². The molecule has 0 aliphatic carbocycles. The largest absolute Gasteiger partial charge is 0.448 e. The van der Waals surface area contributed by atoms with Crippen LogP contribution in [0.2, 0.25) is 0 Å². The van der Waals surface area contributed by atoms with E-state index < -0.39 is 12.1 Å². The van der Waals surface area contributed by atoms with Crippen LogP contribution < -0.4 is 0 Å². The summed E-state index contributed by atoms with van der Waals surface area (Å²) in [6.45, 7) is 3.77. The molecular weight excluding hydrogens is 302 g/mol. The first kappa shape index (κ1) is 15.0. The second-order valence-electron chi connectivity index (χ2n) is 5.13. The van der Waals surface area contributed by atoms with Crippen LogP contribution in [0.4, 0.5) is 0 Å². The number of rotatable bonds is 3. The molecule has 1 aliphatic rings. The zero-order chi connectivity index (χ0) is 15.5. The molecule has 0 radical (unpaired) electrons. The first-order chi connectivity index (χ1) is 10.6. The number of carbonyl (C=O) groups excluding carboxylic acids is 2. The third-order valence-electron chi connectivity index (χ3n) is 3.58. The Kier molecular flexibility index (Phi) is 4.40. The first-order valence-electron chi connectivity index (χ1n) is 7.21. The summed E-state index contributed by atoms with van der Waals surface area (Å²) in [5, 5.41) is 1.01. The fraction of sp³-hybridized carbons (Fsp3) is 0.375. The lowest BCUT2D eigenvalue weighted by molar-refractivity contribution is -0.143. The van der Waals surface area contributed by atoms with Gasteiger partial charge in [0.2, 0.25) is 0 Å². The summed E-state index contributed by atoms with van der Waals surface area (Å²) >= 11 is 1.38. The van der Waals surface area contributed by atoms with Gasteiger partial charge in [-0.2, -0.15) is 0 Å². The fourth-order valence-electron chi connectivity index (χ4n) is 2.39. The molecule has 116 valence electrons. The van der Waals surface area contributed by atoms with E-state index in [1.807, 2.05) is 24.3 Å². The summed E-state index contributed by atoms with van der Waals surface area (Å²) in [4.78, 5) is 26.6. The van der Waals surface area contributed by atoms with Crippen LogP contribution in [-0.2, 0) is 14.3 Å². The smallest absolute Gasteiger partial charge is 0.349 e. The topological polar surface area (TPSA) is 55.8 Å². The highest BCUT2D eigenvalue weighted by atomic mass is 32.1. The fourth-order valence-corrected chi connectivity index (χ4v) is 3.34. The van der Waals surface area contributed by atoms with Gasteiger partial charge in [-0.1, -0.05) is 18.2 Å². The van der Waals surface area contributed by atoms with Gasteiger partial charge in [0.15, 0.2) is 6.10 Å². The maximum Gasteiger partial charge on any atom is 0.349 e. The molecule has 22 heavy (non-hydrogen) atoms. The molecule has 1 amide bonds. The van der Waals surface area contributed by atoms with Crippen molar-refractivity contribution in [1.29, 1.82) is 0 Å². The Balaban J connectivity index is 1.66. The molecule has 1 saturated heterocycles. The second kappa shape index (κ2) is 6.46. The normalized spacial score (nSPS) is 16.5. The number of esters is 1. The highest BCUT2D eigenvalue weighted by molar-refractivity contribution is 7.20. The SMILES string of the molecule is CC(OC(=O)c1cc2ccccc2s1)C(=O)N1CCOCC1. The first-order valence-corrected chi connectivity index (χ1v) is 8.03. The van der Waals surface area contributed by atoms with Crippen molar-refractivity contribution in [3.63, 3.8) is 0 Å². The molecule has 2 aromatic rings. The van der Waals surface area contributed by atoms with Crippen molar-refractivity contribution in [3.05, 3.63) is 35.2 Å². The van der Waals surface area contributed by atoms with E-state index in [9.17, 15) is 9.59 Å². The van der Waals surface area contributed by atoms with Crippen LogP contribution in [0.25, 0.3) is 10.1 Å². The Labute approximate surface area is 132 Å². The predicted molar refractivity (Wildman–Crippen MR) is 84.1 cm³/mol. The van der Waals surface area contributed by atoms with Gasteiger partial charge in [0.05, 0.1) is 13.2 Å². The molecule has 0 bridgehead atoms. The summed E-state index contributed by atoms with van der Waals surface area (Å²) in [6.07, 6.45) is -0.782. The number of thiophene rings is 1. The van der Waals surface area contributed by atoms with Crippen molar-refractivity contribution >= 4 is 33.3 Å². The molecule has 1 atom stereocenters. The minimum atomic E-state index is -0.782. The Bertz CT molecular complexity index is 657. The summed E-state index contributed by atoms with van der Waals surface area (Å²) in [6, 6.07) is 9.56. The maximum absolute atomic E-state index is 12.2. The molecular formula is C16H17NO4S. The van der Waals surface area contributed by atoms with E-state index in [1.165, 1.54) is 11.3 Å². The molecule has 1 aromatic carbocycles. The Morgan fingerprint density at radius 3 is 2.73 bits per heavy atom. The van der Waals surface area contributed by atoms with Crippen LogP contribution in [0, 0.1) is 0 Å². The van der Waals surface area contributed by atoms with Crippen molar-refractivity contribution in [2.75, 3.05) is 26.3 Å². The average Bonchev–Trinajstić information content (AvgIpc) is 2.99. The van der Waals surface area contributed by atoms with Crippen LogP contribution in [0.15, 0.2) is 30.3 Å². The zero-order valence-corrected chi connectivity index (χ0v) is 13.1. The van der Waals surface area contributed by atoms with Crippen molar-refractivity contribution in [2.24, 2.45) is 0 Å². The number of ether oxygens (including phenoxy) is 2. The lowest BCUT2D eigenvalue weighted by Crippen LogP contribution is -2.46. The zero-order valence-electron chi connectivity index (χ0n) is 12.3. The standard InChI is InChI=1S/C16H17NO4S/c1-11(15(18)17-6-8-20-9-7-17)21-16(19)14-10-12-4-2-3-5-13(12)22-14/h2-5,10-11H,6-9H2,1H3. The molecule has 5 nitrogen and oxygen atoms in total. The molecule has 0 spiro atoms. The number of carbonyl (C=O) groups is 2. The Morgan fingerprint density at radius 1 is 1.27 bits per heavy atom. The summed E-state index contributed by atoms with van der Waals surface area (Å²) in [5.74, 6) is -0.618. The third kappa shape index (κ3) is 3.13. The second-order valence-corrected chi connectivity index (χ2v) is 6.22. The van der Waals surface area contributed by atoms with E-state index in [-0.39, 0.29) is 5.91 Å². The summed E-state index contributed by atoms with van der Waals surface area (Å²) in [7, 11) is 0. The number of hydrogen-bond donors (Lipinski definition) is 0. The monoisotopic (exact) mass is 319 g/mol. The van der Waals surface area contributed by atoms with E-state index >= 15 is 0 Å². The quantitative estimate of drug-likeness (QED) is 0.815. The highest BCUT2D eigenvalue weighted by Crippen LogP contribution is 2.26. The van der Waals surface area contributed by atoms with Gasteiger partial charge in [-0.15, -0.1) is 11.3 Å². The van der Waals surface area contributed by atoms with Crippen molar-refractivity contribution < 1.29 is 19.1 Å².